The van der Waals surface area contributed by atoms with Crippen molar-refractivity contribution in [3.05, 3.63) is 65.7 Å². The molecule has 178 valence electrons. The first kappa shape index (κ1) is 23.8. The van der Waals surface area contributed by atoms with Gasteiger partial charge in [-0.05, 0) is 49.4 Å². The van der Waals surface area contributed by atoms with Gasteiger partial charge in [0.25, 0.3) is 0 Å². The largest absolute Gasteiger partial charge is 0.342 e. The first-order valence-electron chi connectivity index (χ1n) is 11.6. The molecule has 2 heterocycles. The van der Waals surface area contributed by atoms with Gasteiger partial charge in [0.15, 0.2) is 11.6 Å². The Morgan fingerprint density at radius 2 is 1.39 bits per heavy atom. The van der Waals surface area contributed by atoms with Crippen LogP contribution in [-0.4, -0.2) is 49.7 Å². The molecule has 0 saturated carbocycles. The van der Waals surface area contributed by atoms with Crippen molar-refractivity contribution in [3.63, 3.8) is 0 Å². The monoisotopic (exact) mass is 476 g/mol. The number of sulfonamides is 1. The van der Waals surface area contributed by atoms with E-state index in [-0.39, 0.29) is 23.9 Å². The van der Waals surface area contributed by atoms with Gasteiger partial charge in [-0.1, -0.05) is 49.6 Å². The van der Waals surface area contributed by atoms with E-state index < -0.39 is 27.1 Å². The summed E-state index contributed by atoms with van der Waals surface area (Å²) in [5.74, 6) is -2.21. The van der Waals surface area contributed by atoms with Crippen LogP contribution in [0.25, 0.3) is 0 Å². The first-order valence-corrected chi connectivity index (χ1v) is 13.1. The quantitative estimate of drug-likeness (QED) is 0.654. The zero-order chi connectivity index (χ0) is 23.5. The summed E-state index contributed by atoms with van der Waals surface area (Å²) in [7, 11) is -3.99. The number of benzene rings is 2. The van der Waals surface area contributed by atoms with E-state index in [1.807, 2.05) is 35.2 Å². The van der Waals surface area contributed by atoms with E-state index in [0.717, 1.165) is 62.5 Å². The van der Waals surface area contributed by atoms with Crippen LogP contribution in [-0.2, 0) is 20.2 Å². The summed E-state index contributed by atoms with van der Waals surface area (Å²) in [5, 5.41) is 0. The Morgan fingerprint density at radius 3 is 2.00 bits per heavy atom. The third kappa shape index (κ3) is 4.82. The lowest BCUT2D eigenvalue weighted by atomic mass is 9.72. The van der Waals surface area contributed by atoms with Gasteiger partial charge in [0.2, 0.25) is 15.9 Å². The molecule has 2 fully saturated rings. The van der Waals surface area contributed by atoms with Gasteiger partial charge in [0.1, 0.15) is 0 Å². The van der Waals surface area contributed by atoms with Gasteiger partial charge in [0, 0.05) is 26.2 Å². The molecule has 2 saturated heterocycles. The SMILES string of the molecule is O=C(N1CCCCCCC1)C1(c2ccccc2)CCN(S(=O)(=O)c2ccc(F)c(F)c2)CC1. The number of halogens is 2. The molecule has 0 aliphatic carbocycles. The fourth-order valence-corrected chi connectivity index (χ4v) is 6.48. The van der Waals surface area contributed by atoms with Crippen molar-refractivity contribution in [2.45, 2.75) is 55.3 Å². The number of amides is 1. The van der Waals surface area contributed by atoms with Crippen LogP contribution in [0, 0.1) is 11.6 Å². The number of rotatable bonds is 4. The van der Waals surface area contributed by atoms with E-state index in [2.05, 4.69) is 0 Å². The van der Waals surface area contributed by atoms with Crippen molar-refractivity contribution in [3.8, 4) is 0 Å². The predicted molar refractivity (Wildman–Crippen MR) is 122 cm³/mol. The summed E-state index contributed by atoms with van der Waals surface area (Å²) < 4.78 is 54.5. The molecule has 2 aliphatic rings. The van der Waals surface area contributed by atoms with Crippen LogP contribution in [0.4, 0.5) is 8.78 Å². The molecule has 33 heavy (non-hydrogen) atoms. The van der Waals surface area contributed by atoms with Crippen molar-refractivity contribution in [1.29, 1.82) is 0 Å². The fraction of sp³-hybridized carbons (Fsp3) is 0.480. The molecular formula is C25H30F2N2O3S. The highest BCUT2D eigenvalue weighted by molar-refractivity contribution is 7.89. The third-order valence-corrected chi connectivity index (χ3v) is 8.88. The zero-order valence-electron chi connectivity index (χ0n) is 18.7. The standard InChI is InChI=1S/C25H30F2N2O3S/c26-22-12-11-21(19-23(22)27)33(31,32)29-17-13-25(14-18-29,20-9-5-4-6-10-20)24(30)28-15-7-2-1-3-8-16-28/h4-6,9-12,19H,1-3,7-8,13-18H2. The van der Waals surface area contributed by atoms with E-state index in [0.29, 0.717) is 12.8 Å². The normalized spacial score (nSPS) is 20.1. The average Bonchev–Trinajstić information content (AvgIpc) is 2.81. The van der Waals surface area contributed by atoms with Gasteiger partial charge in [-0.25, -0.2) is 17.2 Å². The number of carbonyl (C=O) groups is 1. The van der Waals surface area contributed by atoms with Gasteiger partial charge in [0.05, 0.1) is 10.3 Å². The van der Waals surface area contributed by atoms with E-state index in [1.54, 1.807) is 0 Å². The summed E-state index contributed by atoms with van der Waals surface area (Å²) in [6.07, 6.45) is 6.07. The Hall–Kier alpha value is -2.32. The Labute approximate surface area is 194 Å². The fourth-order valence-electron chi connectivity index (χ4n) is 5.03. The van der Waals surface area contributed by atoms with Crippen molar-refractivity contribution in [2.75, 3.05) is 26.2 Å². The number of carbonyl (C=O) groups excluding carboxylic acids is 1. The van der Waals surface area contributed by atoms with Gasteiger partial charge >= 0.3 is 0 Å². The number of likely N-dealkylation sites (tertiary alicyclic amines) is 1. The van der Waals surface area contributed by atoms with E-state index in [4.69, 9.17) is 0 Å². The van der Waals surface area contributed by atoms with Gasteiger partial charge in [-0.15, -0.1) is 0 Å². The predicted octanol–water partition coefficient (Wildman–Crippen LogP) is 4.48. The number of hydrogen-bond donors (Lipinski definition) is 0. The maximum atomic E-state index is 13.9. The first-order chi connectivity index (χ1) is 15.8. The smallest absolute Gasteiger partial charge is 0.243 e. The minimum atomic E-state index is -3.99. The molecule has 0 aromatic heterocycles. The van der Waals surface area contributed by atoms with Gasteiger partial charge in [-0.3, -0.25) is 4.79 Å². The second-order valence-electron chi connectivity index (χ2n) is 8.99. The molecule has 2 aromatic rings. The van der Waals surface area contributed by atoms with Gasteiger partial charge in [-0.2, -0.15) is 4.31 Å². The molecule has 2 aromatic carbocycles. The second kappa shape index (κ2) is 9.89. The summed E-state index contributed by atoms with van der Waals surface area (Å²) in [6.45, 7) is 1.72. The van der Waals surface area contributed by atoms with Crippen LogP contribution >= 0.6 is 0 Å². The van der Waals surface area contributed by atoms with Crippen molar-refractivity contribution in [2.24, 2.45) is 0 Å². The van der Waals surface area contributed by atoms with Crippen molar-refractivity contribution >= 4 is 15.9 Å². The molecular weight excluding hydrogens is 446 g/mol. The Balaban J connectivity index is 1.60. The Morgan fingerprint density at radius 1 is 0.788 bits per heavy atom. The van der Waals surface area contributed by atoms with Crippen molar-refractivity contribution < 1.29 is 22.0 Å². The Kier molecular flexibility index (Phi) is 7.14. The number of hydrogen-bond acceptors (Lipinski definition) is 3. The maximum Gasteiger partial charge on any atom is 0.243 e. The van der Waals surface area contributed by atoms with Crippen LogP contribution < -0.4 is 0 Å². The highest BCUT2D eigenvalue weighted by atomic mass is 32.2. The lowest BCUT2D eigenvalue weighted by Crippen LogP contribution is -2.54. The molecule has 5 nitrogen and oxygen atoms in total. The lowest BCUT2D eigenvalue weighted by molar-refractivity contribution is -0.139. The van der Waals surface area contributed by atoms with Crippen LogP contribution in [0.15, 0.2) is 53.4 Å². The highest BCUT2D eigenvalue weighted by Crippen LogP contribution is 2.39. The molecule has 8 heteroatoms. The summed E-state index contributed by atoms with van der Waals surface area (Å²) in [4.78, 5) is 15.6. The molecule has 1 amide bonds. The summed E-state index contributed by atoms with van der Waals surface area (Å²) in [5.41, 5.74) is 0.113. The molecule has 0 bridgehead atoms. The number of piperidine rings is 1. The summed E-state index contributed by atoms with van der Waals surface area (Å²) in [6, 6.07) is 12.2. The van der Waals surface area contributed by atoms with Crippen LogP contribution in [0.1, 0.15) is 50.5 Å². The van der Waals surface area contributed by atoms with E-state index in [9.17, 15) is 22.0 Å². The van der Waals surface area contributed by atoms with Crippen LogP contribution in [0.5, 0.6) is 0 Å². The topological polar surface area (TPSA) is 57.7 Å². The highest BCUT2D eigenvalue weighted by Gasteiger charge is 2.46. The second-order valence-corrected chi connectivity index (χ2v) is 10.9. The summed E-state index contributed by atoms with van der Waals surface area (Å²) >= 11 is 0. The molecule has 0 spiro atoms. The molecule has 4 rings (SSSR count). The minimum absolute atomic E-state index is 0.0699. The molecule has 0 unspecified atom stereocenters. The molecule has 0 N–H and O–H groups in total. The Bertz CT molecular complexity index is 1080. The van der Waals surface area contributed by atoms with Gasteiger partial charge < -0.3 is 4.90 Å². The lowest BCUT2D eigenvalue weighted by Gasteiger charge is -2.43. The number of nitrogens with zero attached hydrogens (tertiary/aromatic N) is 2. The van der Waals surface area contributed by atoms with Crippen molar-refractivity contribution in [1.82, 2.24) is 9.21 Å². The van der Waals surface area contributed by atoms with E-state index in [1.165, 1.54) is 10.7 Å². The maximum absolute atomic E-state index is 13.9. The third-order valence-electron chi connectivity index (χ3n) is 6.98. The molecule has 0 radical (unpaired) electrons. The van der Waals surface area contributed by atoms with Crippen LogP contribution in [0.2, 0.25) is 0 Å². The average molecular weight is 477 g/mol. The zero-order valence-corrected chi connectivity index (χ0v) is 19.5. The molecule has 0 atom stereocenters. The minimum Gasteiger partial charge on any atom is -0.342 e. The van der Waals surface area contributed by atoms with E-state index >= 15 is 0 Å². The molecule has 2 aliphatic heterocycles. The van der Waals surface area contributed by atoms with Crippen LogP contribution in [0.3, 0.4) is 0 Å².